The Balaban J connectivity index is 1.67. The fourth-order valence-corrected chi connectivity index (χ4v) is 3.42. The zero-order valence-electron chi connectivity index (χ0n) is 13.8. The Bertz CT molecular complexity index is 418. The van der Waals surface area contributed by atoms with Crippen molar-refractivity contribution in [3.63, 3.8) is 0 Å². The van der Waals surface area contributed by atoms with Gasteiger partial charge in [0.15, 0.2) is 0 Å². The van der Waals surface area contributed by atoms with Gasteiger partial charge in [0.2, 0.25) is 0 Å². The summed E-state index contributed by atoms with van der Waals surface area (Å²) in [6.07, 6.45) is 8.01. The average molecular weight is 352 g/mol. The van der Waals surface area contributed by atoms with Crippen molar-refractivity contribution >= 4 is 15.9 Å². The lowest BCUT2D eigenvalue weighted by Crippen LogP contribution is -2.44. The van der Waals surface area contributed by atoms with E-state index in [0.717, 1.165) is 18.5 Å². The lowest BCUT2D eigenvalue weighted by Gasteiger charge is -2.38. The summed E-state index contributed by atoms with van der Waals surface area (Å²) >= 11 is 3.51. The van der Waals surface area contributed by atoms with E-state index in [4.69, 9.17) is 0 Å². The highest BCUT2D eigenvalue weighted by molar-refractivity contribution is 9.10. The first-order valence-corrected chi connectivity index (χ1v) is 9.28. The van der Waals surface area contributed by atoms with Gasteiger partial charge in [0.25, 0.3) is 0 Å². The summed E-state index contributed by atoms with van der Waals surface area (Å²) in [4.78, 5) is 0. The standard InChI is InChI=1S/C19H30BrN/c1-4-5-6-11-19(2,3)14-21-18-12-16(13-18)15-7-9-17(20)10-8-15/h7-10,16,18,21H,4-6,11-14H2,1-3H3. The van der Waals surface area contributed by atoms with Crippen LogP contribution in [0.3, 0.4) is 0 Å². The molecule has 0 atom stereocenters. The normalized spacial score (nSPS) is 22.1. The molecular weight excluding hydrogens is 322 g/mol. The van der Waals surface area contributed by atoms with E-state index in [2.05, 4.69) is 66.3 Å². The number of nitrogens with one attached hydrogen (secondary N) is 1. The highest BCUT2D eigenvalue weighted by atomic mass is 79.9. The smallest absolute Gasteiger partial charge is 0.0175 e. The third-order valence-electron chi connectivity index (χ3n) is 4.81. The number of benzene rings is 1. The Hall–Kier alpha value is -0.340. The van der Waals surface area contributed by atoms with Gasteiger partial charge in [0.1, 0.15) is 0 Å². The summed E-state index contributed by atoms with van der Waals surface area (Å²) in [7, 11) is 0. The number of rotatable bonds is 8. The Kier molecular flexibility index (Phi) is 6.31. The predicted octanol–water partition coefficient (Wildman–Crippen LogP) is 5.89. The van der Waals surface area contributed by atoms with Crippen LogP contribution < -0.4 is 5.32 Å². The molecule has 0 aliphatic heterocycles. The highest BCUT2D eigenvalue weighted by Crippen LogP contribution is 2.37. The molecule has 1 N–H and O–H groups in total. The third kappa shape index (κ3) is 5.41. The largest absolute Gasteiger partial charge is 0.313 e. The van der Waals surface area contributed by atoms with Crippen molar-refractivity contribution in [3.05, 3.63) is 34.3 Å². The minimum absolute atomic E-state index is 0.442. The van der Waals surface area contributed by atoms with Crippen LogP contribution in [0.1, 0.15) is 70.8 Å². The first kappa shape index (κ1) is 17.0. The van der Waals surface area contributed by atoms with E-state index in [0.29, 0.717) is 5.41 Å². The van der Waals surface area contributed by atoms with Crippen LogP contribution in [-0.4, -0.2) is 12.6 Å². The van der Waals surface area contributed by atoms with Gasteiger partial charge in [0, 0.05) is 17.1 Å². The second-order valence-electron chi connectivity index (χ2n) is 7.42. The molecule has 1 nitrogen and oxygen atoms in total. The van der Waals surface area contributed by atoms with Gasteiger partial charge in [0.05, 0.1) is 0 Å². The molecule has 0 saturated heterocycles. The average Bonchev–Trinajstić information content (AvgIpc) is 2.39. The predicted molar refractivity (Wildman–Crippen MR) is 95.8 cm³/mol. The van der Waals surface area contributed by atoms with Gasteiger partial charge < -0.3 is 5.32 Å². The number of unbranched alkanes of at least 4 members (excludes halogenated alkanes) is 2. The molecular formula is C19H30BrN. The Labute approximate surface area is 139 Å². The van der Waals surface area contributed by atoms with E-state index in [-0.39, 0.29) is 0 Å². The lowest BCUT2D eigenvalue weighted by molar-refractivity contribution is 0.231. The van der Waals surface area contributed by atoms with Crippen LogP contribution in [0.15, 0.2) is 28.7 Å². The molecule has 1 aromatic rings. The molecule has 0 unspecified atom stereocenters. The topological polar surface area (TPSA) is 12.0 Å². The van der Waals surface area contributed by atoms with Crippen LogP contribution in [0, 0.1) is 5.41 Å². The molecule has 1 fully saturated rings. The van der Waals surface area contributed by atoms with Gasteiger partial charge in [-0.1, -0.05) is 68.1 Å². The molecule has 0 radical (unpaired) electrons. The zero-order valence-corrected chi connectivity index (χ0v) is 15.4. The maximum Gasteiger partial charge on any atom is 0.0175 e. The first-order valence-electron chi connectivity index (χ1n) is 8.49. The number of halogens is 1. The quantitative estimate of drug-likeness (QED) is 0.575. The SMILES string of the molecule is CCCCCC(C)(C)CNC1CC(c2ccc(Br)cc2)C1. The molecule has 0 bridgehead atoms. The van der Waals surface area contributed by atoms with Gasteiger partial charge in [-0.25, -0.2) is 0 Å². The van der Waals surface area contributed by atoms with E-state index in [1.807, 2.05) is 0 Å². The molecule has 1 aliphatic carbocycles. The van der Waals surface area contributed by atoms with Crippen LogP contribution in [0.25, 0.3) is 0 Å². The van der Waals surface area contributed by atoms with E-state index in [9.17, 15) is 0 Å². The summed E-state index contributed by atoms with van der Waals surface area (Å²) < 4.78 is 1.18. The summed E-state index contributed by atoms with van der Waals surface area (Å²) in [5.74, 6) is 0.763. The van der Waals surface area contributed by atoms with Crippen molar-refractivity contribution in [2.24, 2.45) is 5.41 Å². The molecule has 118 valence electrons. The van der Waals surface area contributed by atoms with Gasteiger partial charge in [-0.2, -0.15) is 0 Å². The number of hydrogen-bond donors (Lipinski definition) is 1. The minimum atomic E-state index is 0.442. The van der Waals surface area contributed by atoms with Crippen LogP contribution in [0.2, 0.25) is 0 Å². The first-order chi connectivity index (χ1) is 10.00. The number of hydrogen-bond acceptors (Lipinski definition) is 1. The van der Waals surface area contributed by atoms with Crippen LogP contribution in [0.4, 0.5) is 0 Å². The van der Waals surface area contributed by atoms with E-state index >= 15 is 0 Å². The van der Waals surface area contributed by atoms with Crippen LogP contribution >= 0.6 is 15.9 Å². The van der Waals surface area contributed by atoms with Crippen LogP contribution in [-0.2, 0) is 0 Å². The van der Waals surface area contributed by atoms with Gasteiger partial charge in [-0.05, 0) is 48.3 Å². The third-order valence-corrected chi connectivity index (χ3v) is 5.33. The molecule has 1 aliphatic rings. The van der Waals surface area contributed by atoms with Gasteiger partial charge >= 0.3 is 0 Å². The molecule has 0 heterocycles. The Morgan fingerprint density at radius 2 is 1.81 bits per heavy atom. The summed E-state index contributed by atoms with van der Waals surface area (Å²) in [6, 6.07) is 9.57. The summed E-state index contributed by atoms with van der Waals surface area (Å²) in [6.45, 7) is 8.25. The maximum atomic E-state index is 3.79. The molecule has 1 saturated carbocycles. The van der Waals surface area contributed by atoms with Crippen molar-refractivity contribution in [2.45, 2.75) is 71.3 Å². The van der Waals surface area contributed by atoms with E-state index < -0.39 is 0 Å². The molecule has 2 heteroatoms. The minimum Gasteiger partial charge on any atom is -0.313 e. The van der Waals surface area contributed by atoms with Crippen molar-refractivity contribution in [1.82, 2.24) is 5.32 Å². The van der Waals surface area contributed by atoms with Crippen LogP contribution in [0.5, 0.6) is 0 Å². The second-order valence-corrected chi connectivity index (χ2v) is 8.33. The molecule has 1 aromatic carbocycles. The Morgan fingerprint density at radius 1 is 1.14 bits per heavy atom. The van der Waals surface area contributed by atoms with Crippen molar-refractivity contribution < 1.29 is 0 Å². The van der Waals surface area contributed by atoms with E-state index in [1.54, 1.807) is 0 Å². The molecule has 21 heavy (non-hydrogen) atoms. The van der Waals surface area contributed by atoms with Crippen molar-refractivity contribution in [1.29, 1.82) is 0 Å². The molecule has 2 rings (SSSR count). The van der Waals surface area contributed by atoms with Crippen molar-refractivity contribution in [2.75, 3.05) is 6.54 Å². The second kappa shape index (κ2) is 7.78. The Morgan fingerprint density at radius 3 is 2.43 bits per heavy atom. The molecule has 0 spiro atoms. The summed E-state index contributed by atoms with van der Waals surface area (Å²) in [5.41, 5.74) is 1.94. The van der Waals surface area contributed by atoms with Gasteiger partial charge in [-0.15, -0.1) is 0 Å². The highest BCUT2D eigenvalue weighted by Gasteiger charge is 2.31. The monoisotopic (exact) mass is 351 g/mol. The summed E-state index contributed by atoms with van der Waals surface area (Å²) in [5, 5.41) is 3.79. The fourth-order valence-electron chi connectivity index (χ4n) is 3.15. The maximum absolute atomic E-state index is 3.79. The molecule has 0 amide bonds. The van der Waals surface area contributed by atoms with E-state index in [1.165, 1.54) is 48.6 Å². The fraction of sp³-hybridized carbons (Fsp3) is 0.684. The van der Waals surface area contributed by atoms with Gasteiger partial charge in [-0.3, -0.25) is 0 Å². The zero-order chi connectivity index (χ0) is 15.3. The van der Waals surface area contributed by atoms with Crippen molar-refractivity contribution in [3.8, 4) is 0 Å². The lowest BCUT2D eigenvalue weighted by atomic mass is 9.75. The molecule has 0 aromatic heterocycles.